The summed E-state index contributed by atoms with van der Waals surface area (Å²) in [6.45, 7) is 0.687. The molecule has 9 nitrogen and oxygen atoms in total. The van der Waals surface area contributed by atoms with Gasteiger partial charge in [0.25, 0.3) is 5.69 Å². The predicted molar refractivity (Wildman–Crippen MR) is 110 cm³/mol. The molecule has 1 unspecified atom stereocenters. The monoisotopic (exact) mass is 420 g/mol. The van der Waals surface area contributed by atoms with Crippen LogP contribution in [0.2, 0.25) is 0 Å². The number of aliphatic carboxylic acids is 1. The molecule has 0 fully saturated rings. The first-order valence-corrected chi connectivity index (χ1v) is 9.75. The van der Waals surface area contributed by atoms with Gasteiger partial charge in [0.05, 0.1) is 29.9 Å². The second-order valence-corrected chi connectivity index (χ2v) is 7.43. The number of carboxylic acids is 1. The first-order chi connectivity index (χ1) is 14.9. The fraction of sp³-hybridized carbons (Fsp3) is 0.227. The number of imidazole rings is 1. The lowest BCUT2D eigenvalue weighted by molar-refractivity contribution is -0.384. The van der Waals surface area contributed by atoms with Crippen molar-refractivity contribution in [1.82, 2.24) is 14.5 Å². The number of carbonyl (C=O) groups is 2. The Kier molecular flexibility index (Phi) is 5.48. The number of rotatable bonds is 6. The number of benzene rings is 2. The fourth-order valence-electron chi connectivity index (χ4n) is 3.79. The van der Waals surface area contributed by atoms with E-state index in [4.69, 9.17) is 0 Å². The lowest BCUT2D eigenvalue weighted by Crippen LogP contribution is -2.49. The van der Waals surface area contributed by atoms with Crippen LogP contribution in [0.3, 0.4) is 0 Å². The maximum atomic E-state index is 12.9. The van der Waals surface area contributed by atoms with Crippen LogP contribution in [0, 0.1) is 10.1 Å². The number of nitrogens with zero attached hydrogens (tertiary/aromatic N) is 4. The zero-order valence-corrected chi connectivity index (χ0v) is 16.5. The van der Waals surface area contributed by atoms with E-state index in [0.29, 0.717) is 17.8 Å². The van der Waals surface area contributed by atoms with Crippen LogP contribution in [0.4, 0.5) is 5.69 Å². The molecule has 0 radical (unpaired) electrons. The molecular formula is C22H20N4O5. The van der Waals surface area contributed by atoms with E-state index in [9.17, 15) is 24.8 Å². The summed E-state index contributed by atoms with van der Waals surface area (Å²) in [7, 11) is 0. The number of nitro benzene ring substituents is 1. The molecule has 0 saturated carbocycles. The highest BCUT2D eigenvalue weighted by atomic mass is 16.6. The van der Waals surface area contributed by atoms with Gasteiger partial charge in [-0.15, -0.1) is 0 Å². The molecule has 0 aliphatic carbocycles. The molecule has 2 heterocycles. The van der Waals surface area contributed by atoms with Crippen LogP contribution in [-0.4, -0.2) is 42.4 Å². The van der Waals surface area contributed by atoms with Gasteiger partial charge < -0.3 is 14.6 Å². The minimum Gasteiger partial charge on any atom is -0.480 e. The summed E-state index contributed by atoms with van der Waals surface area (Å²) in [4.78, 5) is 40.9. The van der Waals surface area contributed by atoms with Gasteiger partial charge in [-0.2, -0.15) is 0 Å². The third-order valence-corrected chi connectivity index (χ3v) is 5.42. The first kappa shape index (κ1) is 20.3. The molecule has 3 aromatic rings. The Morgan fingerprint density at radius 1 is 1.10 bits per heavy atom. The van der Waals surface area contributed by atoms with E-state index in [2.05, 4.69) is 4.98 Å². The average molecular weight is 420 g/mol. The minimum atomic E-state index is -1.07. The minimum absolute atomic E-state index is 0.0398. The third-order valence-electron chi connectivity index (χ3n) is 5.42. The molecule has 1 aliphatic rings. The number of fused-ring (bicyclic) bond motifs is 1. The van der Waals surface area contributed by atoms with E-state index in [0.717, 1.165) is 11.3 Å². The van der Waals surface area contributed by atoms with E-state index in [1.807, 2.05) is 34.9 Å². The van der Waals surface area contributed by atoms with Gasteiger partial charge in [0.15, 0.2) is 0 Å². The molecule has 31 heavy (non-hydrogen) atoms. The van der Waals surface area contributed by atoms with E-state index >= 15 is 0 Å². The number of amides is 1. The summed E-state index contributed by atoms with van der Waals surface area (Å²) in [5, 5.41) is 20.6. The molecule has 1 aromatic heterocycles. The molecule has 4 rings (SSSR count). The van der Waals surface area contributed by atoms with E-state index in [1.54, 1.807) is 6.33 Å². The first-order valence-electron chi connectivity index (χ1n) is 9.75. The van der Waals surface area contributed by atoms with Crippen LogP contribution in [0.1, 0.15) is 22.5 Å². The molecule has 0 spiro atoms. The summed E-state index contributed by atoms with van der Waals surface area (Å²) in [5.74, 6) is -1.43. The fourth-order valence-corrected chi connectivity index (χ4v) is 3.79. The quantitative estimate of drug-likeness (QED) is 0.483. The van der Waals surface area contributed by atoms with Crippen LogP contribution < -0.4 is 0 Å². The van der Waals surface area contributed by atoms with Crippen molar-refractivity contribution in [2.45, 2.75) is 32.0 Å². The Morgan fingerprint density at radius 3 is 2.45 bits per heavy atom. The zero-order chi connectivity index (χ0) is 22.0. The standard InChI is InChI=1S/C22H20N4O5/c27-21(10-15-6-8-17(9-7-15)26(30)31)25-13-18-19(11-20(25)22(28)29)24(14-23-18)12-16-4-2-1-3-5-16/h1-9,14,20H,10-13H2,(H,28,29). The zero-order valence-electron chi connectivity index (χ0n) is 16.5. The molecule has 1 atom stereocenters. The Balaban J connectivity index is 1.53. The van der Waals surface area contributed by atoms with Crippen molar-refractivity contribution in [1.29, 1.82) is 0 Å². The second-order valence-electron chi connectivity index (χ2n) is 7.43. The molecule has 158 valence electrons. The van der Waals surface area contributed by atoms with Crippen molar-refractivity contribution in [3.63, 3.8) is 0 Å². The van der Waals surface area contributed by atoms with Crippen LogP contribution in [0.25, 0.3) is 0 Å². The average Bonchev–Trinajstić information content (AvgIpc) is 3.15. The number of hydrogen-bond donors (Lipinski definition) is 1. The maximum absolute atomic E-state index is 12.9. The summed E-state index contributed by atoms with van der Waals surface area (Å²) in [5.41, 5.74) is 3.10. The SMILES string of the molecule is O=C(O)C1Cc2c(ncn2Cc2ccccc2)CN1C(=O)Cc1ccc([N+](=O)[O-])cc1. The van der Waals surface area contributed by atoms with Crippen molar-refractivity contribution in [2.24, 2.45) is 0 Å². The van der Waals surface area contributed by atoms with Gasteiger partial charge in [-0.25, -0.2) is 9.78 Å². The predicted octanol–water partition coefficient (Wildman–Crippen LogP) is 2.42. The molecule has 0 bridgehead atoms. The summed E-state index contributed by atoms with van der Waals surface area (Å²) < 4.78 is 1.93. The normalized spacial score (nSPS) is 15.4. The lowest BCUT2D eigenvalue weighted by atomic mass is 10.0. The number of hydrogen-bond acceptors (Lipinski definition) is 5. The molecule has 1 aliphatic heterocycles. The van der Waals surface area contributed by atoms with Gasteiger partial charge in [-0.3, -0.25) is 14.9 Å². The van der Waals surface area contributed by atoms with Crippen LogP contribution in [-0.2, 0) is 35.5 Å². The molecule has 0 saturated heterocycles. The summed E-state index contributed by atoms with van der Waals surface area (Å²) in [6, 6.07) is 14.5. The number of aromatic nitrogens is 2. The smallest absolute Gasteiger partial charge is 0.326 e. The Bertz CT molecular complexity index is 1120. The third kappa shape index (κ3) is 4.30. The highest BCUT2D eigenvalue weighted by molar-refractivity contribution is 5.85. The van der Waals surface area contributed by atoms with E-state index in [-0.39, 0.29) is 31.0 Å². The highest BCUT2D eigenvalue weighted by Gasteiger charge is 2.36. The largest absolute Gasteiger partial charge is 0.480 e. The van der Waals surface area contributed by atoms with Crippen molar-refractivity contribution in [2.75, 3.05) is 0 Å². The van der Waals surface area contributed by atoms with Gasteiger partial charge in [-0.05, 0) is 11.1 Å². The van der Waals surface area contributed by atoms with E-state index in [1.165, 1.54) is 29.2 Å². The second kappa shape index (κ2) is 8.39. The van der Waals surface area contributed by atoms with Gasteiger partial charge in [-0.1, -0.05) is 42.5 Å². The van der Waals surface area contributed by atoms with Crippen molar-refractivity contribution in [3.05, 3.63) is 93.6 Å². The van der Waals surface area contributed by atoms with Crippen molar-refractivity contribution < 1.29 is 19.6 Å². The van der Waals surface area contributed by atoms with Gasteiger partial charge >= 0.3 is 5.97 Å². The Labute approximate surface area is 177 Å². The molecule has 1 N–H and O–H groups in total. The van der Waals surface area contributed by atoms with Gasteiger partial charge in [0.2, 0.25) is 5.91 Å². The highest BCUT2D eigenvalue weighted by Crippen LogP contribution is 2.25. The van der Waals surface area contributed by atoms with Crippen LogP contribution in [0.15, 0.2) is 60.9 Å². The van der Waals surface area contributed by atoms with E-state index < -0.39 is 16.9 Å². The summed E-state index contributed by atoms with van der Waals surface area (Å²) >= 11 is 0. The topological polar surface area (TPSA) is 119 Å². The van der Waals surface area contributed by atoms with Gasteiger partial charge in [0.1, 0.15) is 6.04 Å². The van der Waals surface area contributed by atoms with Gasteiger partial charge in [0, 0.05) is 30.8 Å². The van der Waals surface area contributed by atoms with Crippen LogP contribution in [0.5, 0.6) is 0 Å². The summed E-state index contributed by atoms with van der Waals surface area (Å²) in [6.07, 6.45) is 1.81. The number of nitro groups is 1. The Hall–Kier alpha value is -4.01. The molecular weight excluding hydrogens is 400 g/mol. The Morgan fingerprint density at radius 2 is 1.81 bits per heavy atom. The number of carboxylic acid groups (broad SMARTS) is 1. The van der Waals surface area contributed by atoms with Crippen molar-refractivity contribution >= 4 is 17.6 Å². The molecule has 9 heteroatoms. The van der Waals surface area contributed by atoms with Crippen molar-refractivity contribution in [3.8, 4) is 0 Å². The maximum Gasteiger partial charge on any atom is 0.326 e. The molecule has 2 aromatic carbocycles. The lowest BCUT2D eigenvalue weighted by Gasteiger charge is -2.33. The number of non-ortho nitro benzene ring substituents is 1. The van der Waals surface area contributed by atoms with Crippen LogP contribution >= 0.6 is 0 Å². The number of carbonyl (C=O) groups excluding carboxylic acids is 1. The molecule has 1 amide bonds.